The molecule has 7 nitrogen and oxygen atoms in total. The molecule has 0 aliphatic rings. The fraction of sp³-hybridized carbons (Fsp3) is 0.381. The average molecular weight is 455 g/mol. The number of aryl methyl sites for hydroxylation is 2. The second kappa shape index (κ2) is 10.0. The van der Waals surface area contributed by atoms with Gasteiger partial charge in [0, 0.05) is 0 Å². The fourth-order valence-electron chi connectivity index (χ4n) is 2.90. The molecule has 1 atom stereocenters. The van der Waals surface area contributed by atoms with Crippen LogP contribution in [0.2, 0.25) is 5.02 Å². The summed E-state index contributed by atoms with van der Waals surface area (Å²) in [6, 6.07) is 9.33. The first kappa shape index (κ1) is 23.8. The molecule has 0 aromatic heterocycles. The third kappa shape index (κ3) is 6.03. The molecule has 2 rings (SSSR count). The summed E-state index contributed by atoms with van der Waals surface area (Å²) >= 11 is 6.13. The Morgan fingerprint density at radius 1 is 1.17 bits per heavy atom. The van der Waals surface area contributed by atoms with Crippen molar-refractivity contribution in [2.24, 2.45) is 0 Å². The summed E-state index contributed by atoms with van der Waals surface area (Å²) in [6.07, 6.45) is 1.04. The predicted octanol–water partition coefficient (Wildman–Crippen LogP) is 3.32. The molecular formula is C21H27ClN2O5S. The number of halogens is 1. The molecule has 30 heavy (non-hydrogen) atoms. The molecule has 0 spiro atoms. The number of nitrogens with zero attached hydrogens (tertiary/aromatic N) is 1. The minimum atomic E-state index is -3.74. The SMILES string of the molecule is COc1ccc(N([C@@H](C)C(=O)NCCOc2ccc(C)c(C)c2)S(C)(=O)=O)cc1Cl. The maximum atomic E-state index is 12.6. The van der Waals surface area contributed by atoms with Crippen molar-refractivity contribution in [1.29, 1.82) is 0 Å². The lowest BCUT2D eigenvalue weighted by Crippen LogP contribution is -2.48. The highest BCUT2D eigenvalue weighted by Gasteiger charge is 2.29. The van der Waals surface area contributed by atoms with Crippen LogP contribution < -0.4 is 19.1 Å². The van der Waals surface area contributed by atoms with E-state index in [0.717, 1.165) is 16.1 Å². The fourth-order valence-corrected chi connectivity index (χ4v) is 4.31. The van der Waals surface area contributed by atoms with Crippen LogP contribution in [0.4, 0.5) is 5.69 Å². The largest absolute Gasteiger partial charge is 0.495 e. The summed E-state index contributed by atoms with van der Waals surface area (Å²) in [5.41, 5.74) is 2.56. The number of sulfonamides is 1. The number of carbonyl (C=O) groups excluding carboxylic acids is 1. The lowest BCUT2D eigenvalue weighted by atomic mass is 10.1. The number of carbonyl (C=O) groups is 1. The molecule has 1 N–H and O–H groups in total. The number of benzene rings is 2. The predicted molar refractivity (Wildman–Crippen MR) is 119 cm³/mol. The first-order valence-corrected chi connectivity index (χ1v) is 11.6. The molecule has 2 aromatic rings. The van der Waals surface area contributed by atoms with E-state index in [-0.39, 0.29) is 23.9 Å². The van der Waals surface area contributed by atoms with Crippen LogP contribution in [0.15, 0.2) is 36.4 Å². The van der Waals surface area contributed by atoms with Crippen molar-refractivity contribution in [2.75, 3.05) is 30.8 Å². The molecule has 0 bridgehead atoms. The zero-order chi connectivity index (χ0) is 22.5. The van der Waals surface area contributed by atoms with Crippen LogP contribution in [0.5, 0.6) is 11.5 Å². The number of amides is 1. The maximum absolute atomic E-state index is 12.6. The molecular weight excluding hydrogens is 428 g/mol. The first-order chi connectivity index (χ1) is 14.0. The van der Waals surface area contributed by atoms with Gasteiger partial charge in [-0.25, -0.2) is 8.42 Å². The summed E-state index contributed by atoms with van der Waals surface area (Å²) in [5.74, 6) is 0.677. The third-order valence-electron chi connectivity index (χ3n) is 4.63. The lowest BCUT2D eigenvalue weighted by Gasteiger charge is -2.28. The van der Waals surface area contributed by atoms with E-state index in [0.29, 0.717) is 11.5 Å². The quantitative estimate of drug-likeness (QED) is 0.587. The van der Waals surface area contributed by atoms with E-state index < -0.39 is 22.0 Å². The van der Waals surface area contributed by atoms with Crippen LogP contribution in [0.3, 0.4) is 0 Å². The van der Waals surface area contributed by atoms with Gasteiger partial charge in [-0.05, 0) is 62.2 Å². The number of anilines is 1. The van der Waals surface area contributed by atoms with E-state index in [2.05, 4.69) is 5.32 Å². The minimum Gasteiger partial charge on any atom is -0.495 e. The highest BCUT2D eigenvalue weighted by atomic mass is 35.5. The molecule has 0 aliphatic heterocycles. The Balaban J connectivity index is 2.03. The van der Waals surface area contributed by atoms with Gasteiger partial charge in [-0.2, -0.15) is 0 Å². The van der Waals surface area contributed by atoms with Crippen LogP contribution >= 0.6 is 11.6 Å². The molecule has 0 unspecified atom stereocenters. The number of hydrogen-bond donors (Lipinski definition) is 1. The van der Waals surface area contributed by atoms with E-state index >= 15 is 0 Å². The Hall–Kier alpha value is -2.45. The van der Waals surface area contributed by atoms with E-state index in [1.807, 2.05) is 32.0 Å². The Morgan fingerprint density at radius 3 is 2.43 bits per heavy atom. The third-order valence-corrected chi connectivity index (χ3v) is 6.16. The summed E-state index contributed by atoms with van der Waals surface area (Å²) < 4.78 is 36.5. The molecule has 2 aromatic carbocycles. The molecule has 0 heterocycles. The molecule has 1 amide bonds. The highest BCUT2D eigenvalue weighted by Crippen LogP contribution is 2.31. The Morgan fingerprint density at radius 2 is 1.87 bits per heavy atom. The van der Waals surface area contributed by atoms with Crippen LogP contribution in [-0.4, -0.2) is 46.9 Å². The van der Waals surface area contributed by atoms with Gasteiger partial charge in [0.05, 0.1) is 30.6 Å². The number of ether oxygens (including phenoxy) is 2. The van der Waals surface area contributed by atoms with Crippen molar-refractivity contribution in [3.63, 3.8) is 0 Å². The van der Waals surface area contributed by atoms with Crippen molar-refractivity contribution in [3.05, 3.63) is 52.5 Å². The van der Waals surface area contributed by atoms with Crippen molar-refractivity contribution < 1.29 is 22.7 Å². The molecule has 0 radical (unpaired) electrons. The van der Waals surface area contributed by atoms with Gasteiger partial charge in [-0.15, -0.1) is 0 Å². The van der Waals surface area contributed by atoms with Gasteiger partial charge >= 0.3 is 0 Å². The van der Waals surface area contributed by atoms with Gasteiger partial charge in [-0.3, -0.25) is 9.10 Å². The summed E-state index contributed by atoms with van der Waals surface area (Å²) in [6.45, 7) is 6.02. The number of methoxy groups -OCH3 is 1. The first-order valence-electron chi connectivity index (χ1n) is 9.35. The summed E-state index contributed by atoms with van der Waals surface area (Å²) in [4.78, 5) is 12.6. The van der Waals surface area contributed by atoms with Crippen molar-refractivity contribution in [2.45, 2.75) is 26.8 Å². The normalized spacial score (nSPS) is 12.2. The minimum absolute atomic E-state index is 0.233. The molecule has 0 fully saturated rings. The number of rotatable bonds is 9. The van der Waals surface area contributed by atoms with E-state index in [1.165, 1.54) is 25.7 Å². The monoisotopic (exact) mass is 454 g/mol. The zero-order valence-electron chi connectivity index (χ0n) is 17.7. The number of hydrogen-bond acceptors (Lipinski definition) is 5. The van der Waals surface area contributed by atoms with Crippen LogP contribution in [0.1, 0.15) is 18.1 Å². The van der Waals surface area contributed by atoms with Gasteiger partial charge in [0.2, 0.25) is 15.9 Å². The van der Waals surface area contributed by atoms with Gasteiger partial charge in [0.25, 0.3) is 0 Å². The Kier molecular flexibility index (Phi) is 7.97. The van der Waals surface area contributed by atoms with Crippen LogP contribution in [-0.2, 0) is 14.8 Å². The lowest BCUT2D eigenvalue weighted by molar-refractivity contribution is -0.121. The molecule has 0 saturated carbocycles. The van der Waals surface area contributed by atoms with Crippen molar-refractivity contribution in [3.8, 4) is 11.5 Å². The van der Waals surface area contributed by atoms with Gasteiger partial charge < -0.3 is 14.8 Å². The van der Waals surface area contributed by atoms with Gasteiger partial charge in [-0.1, -0.05) is 17.7 Å². The second-order valence-electron chi connectivity index (χ2n) is 6.94. The molecule has 0 saturated heterocycles. The van der Waals surface area contributed by atoms with E-state index in [4.69, 9.17) is 21.1 Å². The highest BCUT2D eigenvalue weighted by molar-refractivity contribution is 7.92. The van der Waals surface area contributed by atoms with Gasteiger partial charge in [0.15, 0.2) is 0 Å². The molecule has 9 heteroatoms. The van der Waals surface area contributed by atoms with E-state index in [1.54, 1.807) is 12.1 Å². The Labute approximate surface area is 183 Å². The van der Waals surface area contributed by atoms with Gasteiger partial charge in [0.1, 0.15) is 24.1 Å². The molecule has 0 aliphatic carbocycles. The van der Waals surface area contributed by atoms with E-state index in [9.17, 15) is 13.2 Å². The van der Waals surface area contributed by atoms with Crippen molar-refractivity contribution >= 4 is 33.2 Å². The zero-order valence-corrected chi connectivity index (χ0v) is 19.3. The number of nitrogens with one attached hydrogen (secondary N) is 1. The maximum Gasteiger partial charge on any atom is 0.243 e. The average Bonchev–Trinajstić information content (AvgIpc) is 2.67. The smallest absolute Gasteiger partial charge is 0.243 e. The van der Waals surface area contributed by atoms with Crippen LogP contribution in [0, 0.1) is 13.8 Å². The Bertz CT molecular complexity index is 1010. The summed E-state index contributed by atoms with van der Waals surface area (Å²) in [7, 11) is -2.28. The summed E-state index contributed by atoms with van der Waals surface area (Å²) in [5, 5.41) is 2.96. The second-order valence-corrected chi connectivity index (χ2v) is 9.21. The molecule has 164 valence electrons. The standard InChI is InChI=1S/C21H27ClN2O5S/c1-14-6-8-18(12-15(14)2)29-11-10-23-21(25)16(3)24(30(5,26)27)17-7-9-20(28-4)19(22)13-17/h6-9,12-13,16H,10-11H2,1-5H3,(H,23,25)/t16-/m0/s1. The van der Waals surface area contributed by atoms with Crippen molar-refractivity contribution in [1.82, 2.24) is 5.32 Å². The topological polar surface area (TPSA) is 84.9 Å². The van der Waals surface area contributed by atoms with Crippen LogP contribution in [0.25, 0.3) is 0 Å².